The minimum atomic E-state index is -0.598. The molecule has 2 amide bonds. The molecule has 1 aliphatic heterocycles. The molecule has 0 saturated heterocycles. The fourth-order valence-corrected chi connectivity index (χ4v) is 3.11. The first-order chi connectivity index (χ1) is 11.3. The summed E-state index contributed by atoms with van der Waals surface area (Å²) in [5, 5.41) is 0. The lowest BCUT2D eigenvalue weighted by Gasteiger charge is -2.24. The Morgan fingerprint density at radius 2 is 1.71 bits per heavy atom. The van der Waals surface area contributed by atoms with E-state index in [-0.39, 0.29) is 18.4 Å². The summed E-state index contributed by atoms with van der Waals surface area (Å²) in [7, 11) is 1.74. The number of amides is 2. The summed E-state index contributed by atoms with van der Waals surface area (Å²) in [6, 6.07) is 15.5. The van der Waals surface area contributed by atoms with Crippen molar-refractivity contribution in [3.05, 3.63) is 59.7 Å². The molecule has 24 heavy (non-hydrogen) atoms. The average molecular weight is 322 g/mol. The van der Waals surface area contributed by atoms with Crippen LogP contribution in [0.25, 0.3) is 0 Å². The monoisotopic (exact) mass is 322 g/mol. The number of para-hydroxylation sites is 1. The summed E-state index contributed by atoms with van der Waals surface area (Å²) < 4.78 is 0. The maximum absolute atomic E-state index is 12.8. The number of anilines is 2. The number of carbonyl (C=O) groups excluding carboxylic acids is 2. The van der Waals surface area contributed by atoms with Crippen molar-refractivity contribution < 1.29 is 9.59 Å². The van der Waals surface area contributed by atoms with E-state index in [0.717, 1.165) is 22.5 Å². The molecular formula is C20H22N2O2. The van der Waals surface area contributed by atoms with Crippen LogP contribution in [-0.2, 0) is 15.0 Å². The molecule has 3 rings (SSSR count). The molecule has 2 aromatic carbocycles. The Hall–Kier alpha value is -2.62. The lowest BCUT2D eigenvalue weighted by atomic mass is 9.86. The molecule has 124 valence electrons. The van der Waals surface area contributed by atoms with E-state index in [4.69, 9.17) is 0 Å². The van der Waals surface area contributed by atoms with Crippen molar-refractivity contribution in [2.75, 3.05) is 23.4 Å². The zero-order chi connectivity index (χ0) is 17.5. The van der Waals surface area contributed by atoms with Crippen molar-refractivity contribution >= 4 is 23.2 Å². The third kappa shape index (κ3) is 2.58. The molecule has 1 heterocycles. The predicted octanol–water partition coefficient (Wildman–Crippen LogP) is 3.28. The van der Waals surface area contributed by atoms with E-state index < -0.39 is 5.41 Å². The molecule has 0 aromatic heterocycles. The van der Waals surface area contributed by atoms with Crippen LogP contribution in [0, 0.1) is 6.92 Å². The summed E-state index contributed by atoms with van der Waals surface area (Å²) in [6.07, 6.45) is 0. The second kappa shape index (κ2) is 5.78. The second-order valence-corrected chi connectivity index (χ2v) is 6.82. The molecule has 0 atom stereocenters. The topological polar surface area (TPSA) is 40.6 Å². The van der Waals surface area contributed by atoms with Crippen molar-refractivity contribution in [2.45, 2.75) is 26.2 Å². The fourth-order valence-electron chi connectivity index (χ4n) is 3.11. The number of benzene rings is 2. The first-order valence-electron chi connectivity index (χ1n) is 8.07. The molecule has 0 spiro atoms. The molecule has 2 aromatic rings. The normalized spacial score (nSPS) is 15.3. The Morgan fingerprint density at radius 3 is 2.38 bits per heavy atom. The highest BCUT2D eigenvalue weighted by molar-refractivity contribution is 6.11. The zero-order valence-electron chi connectivity index (χ0n) is 14.5. The van der Waals surface area contributed by atoms with Crippen molar-refractivity contribution in [3.8, 4) is 0 Å². The standard InChI is InChI=1S/C20H22N2O2/c1-14-9-11-15(12-10-14)21(4)18(23)13-22-17-8-6-5-7-16(17)20(2,3)19(22)24/h5-12H,13H2,1-4H3. The van der Waals surface area contributed by atoms with Crippen LogP contribution in [-0.4, -0.2) is 25.4 Å². The SMILES string of the molecule is Cc1ccc(N(C)C(=O)CN2C(=O)C(C)(C)c3ccccc32)cc1. The van der Waals surface area contributed by atoms with Gasteiger partial charge >= 0.3 is 0 Å². The van der Waals surface area contributed by atoms with Crippen molar-refractivity contribution in [2.24, 2.45) is 0 Å². The van der Waals surface area contributed by atoms with E-state index in [1.807, 2.05) is 69.3 Å². The van der Waals surface area contributed by atoms with Crippen LogP contribution in [0.2, 0.25) is 0 Å². The van der Waals surface area contributed by atoms with Gasteiger partial charge in [-0.3, -0.25) is 9.59 Å². The summed E-state index contributed by atoms with van der Waals surface area (Å²) in [4.78, 5) is 28.7. The summed E-state index contributed by atoms with van der Waals surface area (Å²) in [6.45, 7) is 5.86. The minimum absolute atomic E-state index is 0.0330. The molecule has 0 bridgehead atoms. The Bertz CT molecular complexity index is 794. The summed E-state index contributed by atoms with van der Waals surface area (Å²) >= 11 is 0. The van der Waals surface area contributed by atoms with Crippen LogP contribution >= 0.6 is 0 Å². The number of rotatable bonds is 3. The fraction of sp³-hybridized carbons (Fsp3) is 0.300. The number of likely N-dealkylation sites (N-methyl/N-ethyl adjacent to an activating group) is 1. The molecular weight excluding hydrogens is 300 g/mol. The van der Waals surface area contributed by atoms with Crippen LogP contribution in [0.1, 0.15) is 25.0 Å². The molecule has 0 N–H and O–H groups in total. The molecule has 0 unspecified atom stereocenters. The highest BCUT2D eigenvalue weighted by atomic mass is 16.2. The number of aryl methyl sites for hydroxylation is 1. The van der Waals surface area contributed by atoms with Gasteiger partial charge in [0.25, 0.3) is 0 Å². The van der Waals surface area contributed by atoms with E-state index in [1.54, 1.807) is 16.8 Å². The van der Waals surface area contributed by atoms with Crippen molar-refractivity contribution in [3.63, 3.8) is 0 Å². The second-order valence-electron chi connectivity index (χ2n) is 6.82. The van der Waals surface area contributed by atoms with Gasteiger partial charge in [-0.15, -0.1) is 0 Å². The van der Waals surface area contributed by atoms with Gasteiger partial charge in [-0.2, -0.15) is 0 Å². The highest BCUT2D eigenvalue weighted by Gasteiger charge is 2.44. The lowest BCUT2D eigenvalue weighted by Crippen LogP contribution is -2.43. The van der Waals surface area contributed by atoms with Gasteiger partial charge in [0.05, 0.1) is 5.41 Å². The third-order valence-electron chi connectivity index (χ3n) is 4.74. The van der Waals surface area contributed by atoms with E-state index in [0.29, 0.717) is 0 Å². The largest absolute Gasteiger partial charge is 0.314 e. The molecule has 1 aliphatic rings. The number of hydrogen-bond acceptors (Lipinski definition) is 2. The number of fused-ring (bicyclic) bond motifs is 1. The Kier molecular flexibility index (Phi) is 3.91. The molecule has 4 heteroatoms. The molecule has 0 aliphatic carbocycles. The van der Waals surface area contributed by atoms with Gasteiger partial charge < -0.3 is 9.80 Å². The van der Waals surface area contributed by atoms with Crippen LogP contribution in [0.15, 0.2) is 48.5 Å². The summed E-state index contributed by atoms with van der Waals surface area (Å²) in [5.74, 6) is -0.144. The van der Waals surface area contributed by atoms with Gasteiger partial charge in [-0.1, -0.05) is 35.9 Å². The van der Waals surface area contributed by atoms with Gasteiger partial charge in [0.15, 0.2) is 0 Å². The Labute approximate surface area is 142 Å². The maximum atomic E-state index is 12.8. The highest BCUT2D eigenvalue weighted by Crippen LogP contribution is 2.41. The number of nitrogens with zero attached hydrogens (tertiary/aromatic N) is 2. The number of carbonyl (C=O) groups is 2. The summed E-state index contributed by atoms with van der Waals surface area (Å²) in [5.41, 5.74) is 3.17. The smallest absolute Gasteiger partial charge is 0.246 e. The van der Waals surface area contributed by atoms with Gasteiger partial charge in [0, 0.05) is 18.4 Å². The van der Waals surface area contributed by atoms with Crippen LogP contribution in [0.4, 0.5) is 11.4 Å². The van der Waals surface area contributed by atoms with Gasteiger partial charge in [0.1, 0.15) is 6.54 Å². The lowest BCUT2D eigenvalue weighted by molar-refractivity contribution is -0.124. The van der Waals surface area contributed by atoms with Gasteiger partial charge in [-0.05, 0) is 44.5 Å². The quantitative estimate of drug-likeness (QED) is 0.870. The van der Waals surface area contributed by atoms with Crippen molar-refractivity contribution in [1.82, 2.24) is 0 Å². The minimum Gasteiger partial charge on any atom is -0.314 e. The van der Waals surface area contributed by atoms with E-state index in [9.17, 15) is 9.59 Å². The van der Waals surface area contributed by atoms with E-state index >= 15 is 0 Å². The van der Waals surface area contributed by atoms with E-state index in [2.05, 4.69) is 0 Å². The third-order valence-corrected chi connectivity index (χ3v) is 4.74. The average Bonchev–Trinajstić information content (AvgIpc) is 2.76. The van der Waals surface area contributed by atoms with E-state index in [1.165, 1.54) is 0 Å². The first kappa shape index (κ1) is 16.2. The molecule has 0 saturated carbocycles. The molecule has 4 nitrogen and oxygen atoms in total. The van der Waals surface area contributed by atoms with Gasteiger partial charge in [0.2, 0.25) is 11.8 Å². The van der Waals surface area contributed by atoms with Crippen LogP contribution < -0.4 is 9.80 Å². The van der Waals surface area contributed by atoms with Crippen LogP contribution in [0.5, 0.6) is 0 Å². The Balaban J connectivity index is 1.84. The first-order valence-corrected chi connectivity index (χ1v) is 8.07. The Morgan fingerprint density at radius 1 is 1.08 bits per heavy atom. The molecule has 0 fully saturated rings. The molecule has 0 radical (unpaired) electrons. The predicted molar refractivity (Wildman–Crippen MR) is 96.4 cm³/mol. The van der Waals surface area contributed by atoms with Crippen LogP contribution in [0.3, 0.4) is 0 Å². The van der Waals surface area contributed by atoms with Gasteiger partial charge in [-0.25, -0.2) is 0 Å². The number of hydrogen-bond donors (Lipinski definition) is 0. The maximum Gasteiger partial charge on any atom is 0.246 e. The zero-order valence-corrected chi connectivity index (χ0v) is 14.5. The van der Waals surface area contributed by atoms with Crippen molar-refractivity contribution in [1.29, 1.82) is 0 Å².